The van der Waals surface area contributed by atoms with Crippen LogP contribution >= 0.6 is 0 Å². The van der Waals surface area contributed by atoms with Crippen LogP contribution in [0.3, 0.4) is 0 Å². The number of carbonyl (C=O) groups excluding carboxylic acids is 2. The Kier molecular flexibility index (Phi) is 8.30. The van der Waals surface area contributed by atoms with Gasteiger partial charge in [-0.2, -0.15) is 0 Å². The Balaban J connectivity index is 1.64. The molecule has 0 bridgehead atoms. The van der Waals surface area contributed by atoms with E-state index in [9.17, 15) is 24.8 Å². The second kappa shape index (κ2) is 12.1. The number of nitro benzene ring substituents is 1. The molecule has 1 heterocycles. The molecule has 44 heavy (non-hydrogen) atoms. The van der Waals surface area contributed by atoms with Crippen molar-refractivity contribution in [2.75, 3.05) is 26.6 Å². The lowest BCUT2D eigenvalue weighted by Gasteiger charge is -2.37. The zero-order valence-corrected chi connectivity index (χ0v) is 25.0. The maximum Gasteiger partial charge on any atom is 0.314 e. The minimum atomic E-state index is -0.970. The Morgan fingerprint density at radius 2 is 1.64 bits per heavy atom. The van der Waals surface area contributed by atoms with Crippen molar-refractivity contribution >= 4 is 23.1 Å². The number of phenolic OH excluding ortho intramolecular Hbond substituents is 1. The lowest BCUT2D eigenvalue weighted by atomic mass is 9.71. The highest BCUT2D eigenvalue weighted by atomic mass is 16.6. The van der Waals surface area contributed by atoms with E-state index in [2.05, 4.69) is 10.6 Å². The Morgan fingerprint density at radius 3 is 2.30 bits per heavy atom. The molecular formula is C33H33N3O8. The number of anilines is 1. The van der Waals surface area contributed by atoms with Crippen molar-refractivity contribution in [2.45, 2.75) is 38.5 Å². The number of rotatable bonds is 8. The van der Waals surface area contributed by atoms with Crippen LogP contribution in [0.1, 0.15) is 48.3 Å². The minimum absolute atomic E-state index is 0.134. The van der Waals surface area contributed by atoms with Gasteiger partial charge in [-0.25, -0.2) is 0 Å². The third-order valence-electron chi connectivity index (χ3n) is 8.17. The molecule has 0 unspecified atom stereocenters. The van der Waals surface area contributed by atoms with Gasteiger partial charge < -0.3 is 30.0 Å². The van der Waals surface area contributed by atoms with E-state index in [0.717, 1.165) is 11.1 Å². The number of benzene rings is 3. The highest BCUT2D eigenvalue weighted by Crippen LogP contribution is 2.49. The van der Waals surface area contributed by atoms with Gasteiger partial charge in [0.2, 0.25) is 5.75 Å². The topological polar surface area (TPSA) is 149 Å². The first kappa shape index (κ1) is 30.1. The van der Waals surface area contributed by atoms with Gasteiger partial charge >= 0.3 is 5.69 Å². The number of hydrogen-bond acceptors (Lipinski definition) is 9. The van der Waals surface area contributed by atoms with Crippen molar-refractivity contribution < 1.29 is 33.8 Å². The van der Waals surface area contributed by atoms with Gasteiger partial charge in [0.05, 0.1) is 26.3 Å². The quantitative estimate of drug-likeness (QED) is 0.221. The molecule has 3 N–H and O–H groups in total. The Morgan fingerprint density at radius 1 is 0.955 bits per heavy atom. The number of dihydropyridines is 1. The van der Waals surface area contributed by atoms with E-state index in [-0.39, 0.29) is 35.0 Å². The maximum absolute atomic E-state index is 14.1. The van der Waals surface area contributed by atoms with Crippen LogP contribution in [0.15, 0.2) is 77.1 Å². The largest absolute Gasteiger partial charge is 0.500 e. The average Bonchev–Trinajstić information content (AvgIpc) is 3.00. The monoisotopic (exact) mass is 599 g/mol. The number of ketones is 1. The number of Topliss-reactive ketones (excluding diaryl/α,β-unsaturated/α-hetero) is 1. The molecular weight excluding hydrogens is 566 g/mol. The summed E-state index contributed by atoms with van der Waals surface area (Å²) in [7, 11) is 4.38. The number of aryl methyl sites for hydroxylation is 1. The lowest BCUT2D eigenvalue weighted by Crippen LogP contribution is -2.37. The van der Waals surface area contributed by atoms with E-state index >= 15 is 0 Å². The fraction of sp³-hybridized carbons (Fsp3) is 0.273. The number of methoxy groups -OCH3 is 3. The van der Waals surface area contributed by atoms with Gasteiger partial charge in [-0.1, -0.05) is 24.3 Å². The smallest absolute Gasteiger partial charge is 0.314 e. The molecule has 3 aromatic carbocycles. The predicted octanol–water partition coefficient (Wildman–Crippen LogP) is 5.63. The van der Waals surface area contributed by atoms with E-state index in [1.54, 1.807) is 39.3 Å². The predicted molar refractivity (Wildman–Crippen MR) is 163 cm³/mol. The van der Waals surface area contributed by atoms with Gasteiger partial charge in [-0.05, 0) is 67.1 Å². The molecule has 0 radical (unpaired) electrons. The summed E-state index contributed by atoms with van der Waals surface area (Å²) in [5, 5.41) is 28.7. The van der Waals surface area contributed by atoms with Gasteiger partial charge in [-0.15, -0.1) is 0 Å². The number of allylic oxidation sites excluding steroid dienone is 3. The van der Waals surface area contributed by atoms with E-state index in [0.29, 0.717) is 40.6 Å². The van der Waals surface area contributed by atoms with Crippen molar-refractivity contribution in [1.29, 1.82) is 0 Å². The van der Waals surface area contributed by atoms with Crippen LogP contribution in [0, 0.1) is 17.0 Å². The van der Waals surface area contributed by atoms with Gasteiger partial charge in [-0.3, -0.25) is 19.7 Å². The molecule has 1 aliphatic heterocycles. The summed E-state index contributed by atoms with van der Waals surface area (Å²) in [5.41, 5.74) is 3.67. The molecule has 1 amide bonds. The number of nitrogens with zero attached hydrogens (tertiary/aromatic N) is 1. The number of aromatic hydroxyl groups is 1. The highest BCUT2D eigenvalue weighted by Gasteiger charge is 2.42. The van der Waals surface area contributed by atoms with Crippen LogP contribution in [0.4, 0.5) is 11.4 Å². The van der Waals surface area contributed by atoms with Gasteiger partial charge in [0.1, 0.15) is 0 Å². The van der Waals surface area contributed by atoms with Crippen LogP contribution in [0.5, 0.6) is 23.0 Å². The lowest BCUT2D eigenvalue weighted by molar-refractivity contribution is -0.386. The van der Waals surface area contributed by atoms with Gasteiger partial charge in [0, 0.05) is 46.6 Å². The van der Waals surface area contributed by atoms with Crippen LogP contribution in [0.25, 0.3) is 0 Å². The van der Waals surface area contributed by atoms with Crippen molar-refractivity contribution in [1.82, 2.24) is 5.32 Å². The van der Waals surface area contributed by atoms with Crippen LogP contribution < -0.4 is 24.8 Å². The molecule has 11 heteroatoms. The first-order valence-electron chi connectivity index (χ1n) is 14.0. The fourth-order valence-corrected chi connectivity index (χ4v) is 5.99. The molecule has 2 aliphatic rings. The third kappa shape index (κ3) is 5.44. The minimum Gasteiger partial charge on any atom is -0.500 e. The zero-order valence-electron chi connectivity index (χ0n) is 25.0. The molecule has 5 rings (SSSR count). The van der Waals surface area contributed by atoms with Crippen LogP contribution in [0.2, 0.25) is 0 Å². The van der Waals surface area contributed by atoms with E-state index in [4.69, 9.17) is 14.2 Å². The summed E-state index contributed by atoms with van der Waals surface area (Å²) in [4.78, 5) is 39.2. The number of ether oxygens (including phenoxy) is 3. The van der Waals surface area contributed by atoms with Crippen LogP contribution in [-0.4, -0.2) is 43.0 Å². The number of nitro groups is 1. The Bertz CT molecular complexity index is 1740. The van der Waals surface area contributed by atoms with Crippen molar-refractivity contribution in [3.8, 4) is 23.0 Å². The Hall–Kier alpha value is -5.32. The van der Waals surface area contributed by atoms with Gasteiger partial charge in [0.25, 0.3) is 5.91 Å². The van der Waals surface area contributed by atoms with Gasteiger partial charge in [0.15, 0.2) is 23.0 Å². The number of phenols is 1. The number of nitrogens with one attached hydrogen (secondary N) is 2. The molecule has 1 aliphatic carbocycles. The molecule has 0 saturated carbocycles. The highest BCUT2D eigenvalue weighted by molar-refractivity contribution is 6.10. The first-order valence-corrected chi connectivity index (χ1v) is 14.0. The summed E-state index contributed by atoms with van der Waals surface area (Å²) < 4.78 is 16.1. The standard InChI is InChI=1S/C33H33N3O8/c1-17-8-6-7-9-22(17)35-33(39)29-18(2)34-23-12-20(19-10-11-26(42-3)27(15-19)43-4)14-25(37)31(23)30(29)21-13-24(36(40)41)32(38)28(16-21)44-5/h6-11,13,15-16,20,30,34,38H,12,14H2,1-5H3,(H,35,39)/t20-,30-/m0/s1. The van der Waals surface area contributed by atoms with Crippen molar-refractivity contribution in [3.63, 3.8) is 0 Å². The SMILES string of the molecule is COc1ccc([C@@H]2CC(=O)C3=C(C2)NC(C)=C(C(=O)Nc2ccccc2C)[C@@H]3c2cc(OC)c(O)c([N+](=O)[O-])c2)cc1OC. The average molecular weight is 600 g/mol. The van der Waals surface area contributed by atoms with Crippen molar-refractivity contribution in [2.24, 2.45) is 0 Å². The number of carbonyl (C=O) groups is 2. The third-order valence-corrected chi connectivity index (χ3v) is 8.17. The normalized spacial score (nSPS) is 17.9. The molecule has 0 saturated heterocycles. The maximum atomic E-state index is 14.1. The Labute approximate surface area is 254 Å². The van der Waals surface area contributed by atoms with E-state index in [1.165, 1.54) is 19.2 Å². The summed E-state index contributed by atoms with van der Waals surface area (Å²) in [6, 6.07) is 15.5. The van der Waals surface area contributed by atoms with E-state index < -0.39 is 28.2 Å². The molecule has 11 nitrogen and oxygen atoms in total. The number of para-hydroxylation sites is 1. The zero-order chi connectivity index (χ0) is 31.7. The second-order valence-corrected chi connectivity index (χ2v) is 10.7. The molecule has 228 valence electrons. The summed E-state index contributed by atoms with van der Waals surface area (Å²) in [6.07, 6.45) is 0.573. The molecule has 3 aromatic rings. The van der Waals surface area contributed by atoms with Crippen molar-refractivity contribution in [3.05, 3.63) is 104 Å². The summed E-state index contributed by atoms with van der Waals surface area (Å²) in [6.45, 7) is 3.60. The number of hydrogen-bond donors (Lipinski definition) is 3. The fourth-order valence-electron chi connectivity index (χ4n) is 5.99. The molecule has 0 spiro atoms. The van der Waals surface area contributed by atoms with E-state index in [1.807, 2.05) is 31.2 Å². The molecule has 2 atom stereocenters. The summed E-state index contributed by atoms with van der Waals surface area (Å²) in [5.74, 6) is -1.52. The number of amides is 1. The summed E-state index contributed by atoms with van der Waals surface area (Å²) >= 11 is 0. The van der Waals surface area contributed by atoms with Crippen LogP contribution in [-0.2, 0) is 9.59 Å². The molecule has 0 fully saturated rings. The first-order chi connectivity index (χ1) is 21.1. The second-order valence-electron chi connectivity index (χ2n) is 10.7. The molecule has 0 aromatic heterocycles.